The van der Waals surface area contributed by atoms with Gasteiger partial charge < -0.3 is 5.73 Å². The summed E-state index contributed by atoms with van der Waals surface area (Å²) in [5, 5.41) is 7.22. The van der Waals surface area contributed by atoms with E-state index in [4.69, 9.17) is 17.3 Å². The smallest absolute Gasteiger partial charge is 0.318 e. The Morgan fingerprint density at radius 1 is 1.08 bits per heavy atom. The van der Waals surface area contributed by atoms with Crippen LogP contribution in [-0.2, 0) is 6.18 Å². The molecular weight excluding hydrogens is 341 g/mol. The molecule has 3 N–H and O–H groups in total. The zero-order valence-electron chi connectivity index (χ0n) is 12.2. The number of aromatic nitrogens is 3. The maximum atomic E-state index is 12.8. The minimum Gasteiger partial charge on any atom is -0.318 e. The third-order valence-corrected chi connectivity index (χ3v) is 3.73. The van der Waals surface area contributed by atoms with Gasteiger partial charge >= 0.3 is 6.18 Å². The highest BCUT2D eigenvalue weighted by Gasteiger charge is 2.30. The largest absolute Gasteiger partial charge is 0.416 e. The predicted molar refractivity (Wildman–Crippen MR) is 84.3 cm³/mol. The number of hydrogen-bond acceptors (Lipinski definition) is 3. The van der Waals surface area contributed by atoms with Gasteiger partial charge in [-0.3, -0.25) is 5.10 Å². The molecule has 0 aliphatic heterocycles. The number of halogens is 4. The summed E-state index contributed by atoms with van der Waals surface area (Å²) in [5.41, 5.74) is 6.36. The lowest BCUT2D eigenvalue weighted by atomic mass is 10.1. The maximum absolute atomic E-state index is 12.8. The molecule has 0 spiro atoms. The molecule has 0 bridgehead atoms. The van der Waals surface area contributed by atoms with Gasteiger partial charge in [0, 0.05) is 10.6 Å². The van der Waals surface area contributed by atoms with Gasteiger partial charge in [0.25, 0.3) is 0 Å². The summed E-state index contributed by atoms with van der Waals surface area (Å²) >= 11 is 5.83. The SMILES string of the molecule is N[C@@H](c1ccc(Cl)cc1)c1nc(-c2cccc(C(F)(F)F)c2)n[nH]1. The number of hydrogen-bond donors (Lipinski definition) is 2. The number of alkyl halides is 3. The number of nitrogens with one attached hydrogen (secondary N) is 1. The molecule has 1 atom stereocenters. The van der Waals surface area contributed by atoms with Crippen LogP contribution in [0.4, 0.5) is 13.2 Å². The van der Waals surface area contributed by atoms with Crippen LogP contribution >= 0.6 is 11.6 Å². The lowest BCUT2D eigenvalue weighted by molar-refractivity contribution is -0.137. The van der Waals surface area contributed by atoms with Crippen molar-refractivity contribution in [2.45, 2.75) is 12.2 Å². The van der Waals surface area contributed by atoms with E-state index in [2.05, 4.69) is 15.2 Å². The normalized spacial score (nSPS) is 13.0. The Morgan fingerprint density at radius 2 is 1.79 bits per heavy atom. The zero-order chi connectivity index (χ0) is 17.3. The number of H-pyrrole nitrogens is 1. The first-order valence-electron chi connectivity index (χ1n) is 6.95. The summed E-state index contributed by atoms with van der Waals surface area (Å²) in [5.74, 6) is 0.505. The molecule has 0 aliphatic rings. The highest BCUT2D eigenvalue weighted by molar-refractivity contribution is 6.30. The van der Waals surface area contributed by atoms with Gasteiger partial charge in [0.05, 0.1) is 11.6 Å². The molecule has 0 radical (unpaired) electrons. The molecule has 24 heavy (non-hydrogen) atoms. The third-order valence-electron chi connectivity index (χ3n) is 3.47. The Bertz CT molecular complexity index is 843. The summed E-state index contributed by atoms with van der Waals surface area (Å²) in [7, 11) is 0. The second-order valence-electron chi connectivity index (χ2n) is 5.15. The molecule has 0 aliphatic carbocycles. The Morgan fingerprint density at radius 3 is 2.46 bits per heavy atom. The van der Waals surface area contributed by atoms with Gasteiger partial charge in [-0.2, -0.15) is 18.3 Å². The van der Waals surface area contributed by atoms with Crippen LogP contribution in [0.3, 0.4) is 0 Å². The second kappa shape index (κ2) is 6.26. The van der Waals surface area contributed by atoms with Crippen LogP contribution in [0.1, 0.15) is 23.0 Å². The molecule has 4 nitrogen and oxygen atoms in total. The van der Waals surface area contributed by atoms with Crippen molar-refractivity contribution in [2.75, 3.05) is 0 Å². The van der Waals surface area contributed by atoms with Crippen molar-refractivity contribution in [3.05, 3.63) is 70.5 Å². The first-order valence-corrected chi connectivity index (χ1v) is 7.33. The molecular formula is C16H12ClF3N4. The van der Waals surface area contributed by atoms with E-state index in [0.717, 1.165) is 17.7 Å². The Labute approximate surface area is 140 Å². The summed E-state index contributed by atoms with van der Waals surface area (Å²) < 4.78 is 38.4. The lowest BCUT2D eigenvalue weighted by Gasteiger charge is -2.08. The topological polar surface area (TPSA) is 67.6 Å². The van der Waals surface area contributed by atoms with Crippen LogP contribution < -0.4 is 5.73 Å². The number of rotatable bonds is 3. The Hall–Kier alpha value is -2.38. The molecule has 0 unspecified atom stereocenters. The Kier molecular flexibility index (Phi) is 4.29. The molecule has 2 aromatic carbocycles. The fourth-order valence-electron chi connectivity index (χ4n) is 2.21. The van der Waals surface area contributed by atoms with Crippen molar-refractivity contribution in [1.29, 1.82) is 0 Å². The van der Waals surface area contributed by atoms with Crippen LogP contribution in [0.2, 0.25) is 5.02 Å². The second-order valence-corrected chi connectivity index (χ2v) is 5.59. The highest BCUT2D eigenvalue weighted by Crippen LogP contribution is 2.31. The monoisotopic (exact) mass is 352 g/mol. The Balaban J connectivity index is 1.89. The molecule has 8 heteroatoms. The highest BCUT2D eigenvalue weighted by atomic mass is 35.5. The minimum atomic E-state index is -4.42. The van der Waals surface area contributed by atoms with Crippen LogP contribution in [0.5, 0.6) is 0 Å². The number of aromatic amines is 1. The van der Waals surface area contributed by atoms with Gasteiger partial charge in [-0.15, -0.1) is 0 Å². The van der Waals surface area contributed by atoms with E-state index in [0.29, 0.717) is 10.8 Å². The molecule has 0 fully saturated rings. The van der Waals surface area contributed by atoms with Gasteiger partial charge in [-0.1, -0.05) is 35.9 Å². The van der Waals surface area contributed by atoms with Crippen molar-refractivity contribution < 1.29 is 13.2 Å². The van der Waals surface area contributed by atoms with E-state index in [9.17, 15) is 13.2 Å². The third kappa shape index (κ3) is 3.42. The number of nitrogens with two attached hydrogens (primary N) is 1. The van der Waals surface area contributed by atoms with E-state index in [1.807, 2.05) is 0 Å². The van der Waals surface area contributed by atoms with Gasteiger partial charge in [-0.05, 0) is 29.8 Å². The number of benzene rings is 2. The lowest BCUT2D eigenvalue weighted by Crippen LogP contribution is -2.13. The van der Waals surface area contributed by atoms with E-state index < -0.39 is 17.8 Å². The van der Waals surface area contributed by atoms with Crippen LogP contribution in [0.25, 0.3) is 11.4 Å². The van der Waals surface area contributed by atoms with Crippen LogP contribution in [0, 0.1) is 0 Å². The summed E-state index contributed by atoms with van der Waals surface area (Å²) in [6, 6.07) is 11.1. The predicted octanol–water partition coefficient (Wildman–Crippen LogP) is 4.19. The fraction of sp³-hybridized carbons (Fsp3) is 0.125. The van der Waals surface area contributed by atoms with Gasteiger partial charge in [0.2, 0.25) is 0 Å². The molecule has 0 saturated carbocycles. The summed E-state index contributed by atoms with van der Waals surface area (Å²) in [6.07, 6.45) is -4.42. The first kappa shape index (κ1) is 16.5. The molecule has 0 saturated heterocycles. The average Bonchev–Trinajstić information content (AvgIpc) is 3.04. The first-order chi connectivity index (χ1) is 11.3. The van der Waals surface area contributed by atoms with Gasteiger partial charge in [-0.25, -0.2) is 4.98 Å². The number of nitrogens with zero attached hydrogens (tertiary/aromatic N) is 2. The standard InChI is InChI=1S/C16H12ClF3N4/c17-12-6-4-9(5-7-12)13(21)15-22-14(23-24-15)10-2-1-3-11(8-10)16(18,19)20/h1-8,13H,21H2,(H,22,23,24)/t13-/m0/s1. The zero-order valence-corrected chi connectivity index (χ0v) is 12.9. The summed E-state index contributed by atoms with van der Waals surface area (Å²) in [4.78, 5) is 4.21. The molecule has 1 heterocycles. The fourth-order valence-corrected chi connectivity index (χ4v) is 2.33. The summed E-state index contributed by atoms with van der Waals surface area (Å²) in [6.45, 7) is 0. The van der Waals surface area contributed by atoms with Crippen molar-refractivity contribution in [2.24, 2.45) is 5.73 Å². The average molecular weight is 353 g/mol. The minimum absolute atomic E-state index is 0.153. The van der Waals surface area contributed by atoms with Crippen molar-refractivity contribution in [3.8, 4) is 11.4 Å². The van der Waals surface area contributed by atoms with Gasteiger partial charge in [0.1, 0.15) is 5.82 Å². The molecule has 0 amide bonds. The maximum Gasteiger partial charge on any atom is 0.416 e. The van der Waals surface area contributed by atoms with Gasteiger partial charge in [0.15, 0.2) is 5.82 Å². The van der Waals surface area contributed by atoms with Crippen molar-refractivity contribution >= 4 is 11.6 Å². The van der Waals surface area contributed by atoms with E-state index >= 15 is 0 Å². The van der Waals surface area contributed by atoms with Crippen LogP contribution in [-0.4, -0.2) is 15.2 Å². The molecule has 1 aromatic heterocycles. The van der Waals surface area contributed by atoms with E-state index in [-0.39, 0.29) is 11.4 Å². The van der Waals surface area contributed by atoms with Crippen molar-refractivity contribution in [1.82, 2.24) is 15.2 Å². The van der Waals surface area contributed by atoms with E-state index in [1.54, 1.807) is 24.3 Å². The van der Waals surface area contributed by atoms with E-state index in [1.165, 1.54) is 12.1 Å². The molecule has 124 valence electrons. The molecule has 3 aromatic rings. The quantitative estimate of drug-likeness (QED) is 0.742. The van der Waals surface area contributed by atoms with Crippen LogP contribution in [0.15, 0.2) is 48.5 Å². The molecule has 3 rings (SSSR count). The van der Waals surface area contributed by atoms with Crippen molar-refractivity contribution in [3.63, 3.8) is 0 Å².